The van der Waals surface area contributed by atoms with Gasteiger partial charge >= 0.3 is 0 Å². The predicted molar refractivity (Wildman–Crippen MR) is 231 cm³/mol. The summed E-state index contributed by atoms with van der Waals surface area (Å²) in [6.45, 7) is 0. The zero-order valence-electron chi connectivity index (χ0n) is 27.9. The lowest BCUT2D eigenvalue weighted by molar-refractivity contribution is 1.30. The first-order valence-corrected chi connectivity index (χ1v) is 20.0. The zero-order valence-corrected chi connectivity index (χ0v) is 30.4. The van der Waals surface area contributed by atoms with Gasteiger partial charge in [0.25, 0.3) is 0 Å². The second-order valence-corrected chi connectivity index (χ2v) is 16.5. The van der Waals surface area contributed by atoms with Gasteiger partial charge < -0.3 is 4.90 Å². The molecule has 0 amide bonds. The van der Waals surface area contributed by atoms with E-state index in [1.54, 1.807) is 0 Å². The SMILES string of the molecule is c1ccc2c(c1)sc1c(-c3ccc(N(c4ccc(-c5cccc6sc7ccccc7c56)cc4)c4cccc5sc6ccccc6c45)cc3)cccc12. The summed E-state index contributed by atoms with van der Waals surface area (Å²) in [5.74, 6) is 0. The van der Waals surface area contributed by atoms with Crippen LogP contribution in [-0.2, 0) is 0 Å². The van der Waals surface area contributed by atoms with Crippen molar-refractivity contribution < 1.29 is 0 Å². The number of nitrogens with zero attached hydrogens (tertiary/aromatic N) is 1. The summed E-state index contributed by atoms with van der Waals surface area (Å²) in [6.07, 6.45) is 0. The highest BCUT2D eigenvalue weighted by atomic mass is 32.1. The van der Waals surface area contributed by atoms with Gasteiger partial charge in [-0.25, -0.2) is 0 Å². The van der Waals surface area contributed by atoms with Gasteiger partial charge in [0.2, 0.25) is 0 Å². The highest BCUT2D eigenvalue weighted by Gasteiger charge is 2.20. The van der Waals surface area contributed by atoms with Gasteiger partial charge in [0.1, 0.15) is 0 Å². The molecule has 0 spiro atoms. The molecule has 0 saturated heterocycles. The molecule has 3 aromatic heterocycles. The molecule has 244 valence electrons. The third-order valence-electron chi connectivity index (χ3n) is 10.3. The van der Waals surface area contributed by atoms with Crippen molar-refractivity contribution in [1.29, 1.82) is 0 Å². The molecule has 0 bridgehead atoms. The van der Waals surface area contributed by atoms with Gasteiger partial charge in [-0.1, -0.05) is 115 Å². The minimum atomic E-state index is 1.13. The molecule has 0 aliphatic heterocycles. The summed E-state index contributed by atoms with van der Waals surface area (Å²) in [7, 11) is 0. The van der Waals surface area contributed by atoms with E-state index in [0.29, 0.717) is 0 Å². The fourth-order valence-electron chi connectivity index (χ4n) is 7.94. The molecule has 0 N–H and O–H groups in total. The van der Waals surface area contributed by atoms with Crippen molar-refractivity contribution in [1.82, 2.24) is 0 Å². The molecule has 3 heterocycles. The molecule has 4 heteroatoms. The summed E-state index contributed by atoms with van der Waals surface area (Å²) in [5.41, 5.74) is 8.46. The Morgan fingerprint density at radius 1 is 0.308 bits per heavy atom. The lowest BCUT2D eigenvalue weighted by atomic mass is 9.99. The van der Waals surface area contributed by atoms with E-state index in [1.165, 1.54) is 88.5 Å². The zero-order chi connectivity index (χ0) is 34.2. The Morgan fingerprint density at radius 3 is 1.44 bits per heavy atom. The summed E-state index contributed by atoms with van der Waals surface area (Å²) >= 11 is 5.62. The molecule has 0 fully saturated rings. The standard InChI is InChI=1S/C48H29NS3/c1-4-17-41-36(10-1)37-15-7-14-35(48(37)52-41)31-24-28-33(29-25-31)49(40-16-9-21-45-47(40)39-12-3-6-19-43(39)51-45)32-26-22-30(23-27-32)34-13-8-20-44-46(34)38-11-2-5-18-42(38)50-44/h1-29H. The Bertz CT molecular complexity index is 3130. The predicted octanol–water partition coefficient (Wildman–Crippen LogP) is 15.6. The van der Waals surface area contributed by atoms with Crippen molar-refractivity contribution >= 4 is 112 Å². The number of thiophene rings is 3. The molecule has 0 saturated carbocycles. The summed E-state index contributed by atoms with van der Waals surface area (Å²) in [4.78, 5) is 2.44. The lowest BCUT2D eigenvalue weighted by Crippen LogP contribution is -2.10. The van der Waals surface area contributed by atoms with Crippen LogP contribution in [0.25, 0.3) is 82.8 Å². The Morgan fingerprint density at radius 2 is 0.769 bits per heavy atom. The third kappa shape index (κ3) is 4.65. The van der Waals surface area contributed by atoms with E-state index in [2.05, 4.69) is 181 Å². The van der Waals surface area contributed by atoms with Crippen LogP contribution in [0.3, 0.4) is 0 Å². The van der Waals surface area contributed by atoms with E-state index in [4.69, 9.17) is 0 Å². The van der Waals surface area contributed by atoms with Crippen molar-refractivity contribution in [2.24, 2.45) is 0 Å². The topological polar surface area (TPSA) is 3.24 Å². The maximum Gasteiger partial charge on any atom is 0.0554 e. The lowest BCUT2D eigenvalue weighted by Gasteiger charge is -2.27. The van der Waals surface area contributed by atoms with Crippen LogP contribution in [0.5, 0.6) is 0 Å². The van der Waals surface area contributed by atoms with Crippen LogP contribution >= 0.6 is 34.0 Å². The second kappa shape index (κ2) is 11.9. The number of fused-ring (bicyclic) bond motifs is 9. The van der Waals surface area contributed by atoms with Crippen molar-refractivity contribution in [3.8, 4) is 22.3 Å². The number of anilines is 3. The fourth-order valence-corrected chi connectivity index (χ4v) is 11.4. The molecular formula is C48H29NS3. The number of rotatable bonds is 5. The number of hydrogen-bond acceptors (Lipinski definition) is 4. The smallest absolute Gasteiger partial charge is 0.0554 e. The molecule has 11 aromatic rings. The fraction of sp³-hybridized carbons (Fsp3) is 0. The van der Waals surface area contributed by atoms with Crippen LogP contribution < -0.4 is 4.90 Å². The molecule has 0 atom stereocenters. The van der Waals surface area contributed by atoms with Crippen LogP contribution in [-0.4, -0.2) is 0 Å². The van der Waals surface area contributed by atoms with E-state index in [1.807, 2.05) is 34.0 Å². The monoisotopic (exact) mass is 715 g/mol. The van der Waals surface area contributed by atoms with Gasteiger partial charge in [-0.05, 0) is 82.9 Å². The van der Waals surface area contributed by atoms with Crippen LogP contribution in [0.2, 0.25) is 0 Å². The van der Waals surface area contributed by atoms with Gasteiger partial charge in [-0.2, -0.15) is 0 Å². The molecule has 0 unspecified atom stereocenters. The molecule has 0 aliphatic rings. The largest absolute Gasteiger partial charge is 0.310 e. The summed E-state index contributed by atoms with van der Waals surface area (Å²) in [5, 5.41) is 7.91. The Kier molecular flexibility index (Phi) is 6.84. The van der Waals surface area contributed by atoms with Crippen LogP contribution in [0.4, 0.5) is 17.1 Å². The molecule has 8 aromatic carbocycles. The molecule has 1 nitrogen and oxygen atoms in total. The Balaban J connectivity index is 1.07. The minimum Gasteiger partial charge on any atom is -0.310 e. The molecule has 11 rings (SSSR count). The van der Waals surface area contributed by atoms with E-state index in [-0.39, 0.29) is 0 Å². The van der Waals surface area contributed by atoms with Crippen LogP contribution in [0.15, 0.2) is 176 Å². The van der Waals surface area contributed by atoms with Crippen molar-refractivity contribution in [3.63, 3.8) is 0 Å². The normalized spacial score (nSPS) is 11.8. The van der Waals surface area contributed by atoms with E-state index >= 15 is 0 Å². The molecule has 0 aliphatic carbocycles. The second-order valence-electron chi connectivity index (χ2n) is 13.2. The Labute approximate surface area is 312 Å². The minimum absolute atomic E-state index is 1.13. The average molecular weight is 716 g/mol. The first-order chi connectivity index (χ1) is 25.8. The molecule has 0 radical (unpaired) electrons. The van der Waals surface area contributed by atoms with Crippen molar-refractivity contribution in [2.75, 3.05) is 4.90 Å². The van der Waals surface area contributed by atoms with Crippen LogP contribution in [0.1, 0.15) is 0 Å². The van der Waals surface area contributed by atoms with Gasteiger partial charge in [0.15, 0.2) is 0 Å². The maximum atomic E-state index is 2.44. The van der Waals surface area contributed by atoms with Gasteiger partial charge in [0, 0.05) is 71.9 Å². The quantitative estimate of drug-likeness (QED) is 0.171. The van der Waals surface area contributed by atoms with Gasteiger partial charge in [0.05, 0.1) is 5.69 Å². The highest BCUT2D eigenvalue weighted by Crippen LogP contribution is 2.47. The van der Waals surface area contributed by atoms with Crippen LogP contribution in [0, 0.1) is 0 Å². The van der Waals surface area contributed by atoms with E-state index < -0.39 is 0 Å². The van der Waals surface area contributed by atoms with Crippen molar-refractivity contribution in [3.05, 3.63) is 176 Å². The average Bonchev–Trinajstić information content (AvgIpc) is 3.90. The first-order valence-electron chi connectivity index (χ1n) is 17.5. The van der Waals surface area contributed by atoms with Crippen molar-refractivity contribution in [2.45, 2.75) is 0 Å². The van der Waals surface area contributed by atoms with Gasteiger partial charge in [-0.3, -0.25) is 0 Å². The first kappa shape index (κ1) is 29.9. The maximum absolute atomic E-state index is 2.44. The third-order valence-corrected chi connectivity index (χ3v) is 13.8. The van der Waals surface area contributed by atoms with E-state index in [9.17, 15) is 0 Å². The van der Waals surface area contributed by atoms with Gasteiger partial charge in [-0.15, -0.1) is 34.0 Å². The Hall–Kier alpha value is -5.78. The molecule has 52 heavy (non-hydrogen) atoms. The number of benzene rings is 8. The number of hydrogen-bond donors (Lipinski definition) is 0. The highest BCUT2D eigenvalue weighted by molar-refractivity contribution is 7.27. The summed E-state index contributed by atoms with van der Waals surface area (Å²) < 4.78 is 7.93. The van der Waals surface area contributed by atoms with E-state index in [0.717, 1.165) is 11.4 Å². The summed E-state index contributed by atoms with van der Waals surface area (Å²) in [6, 6.07) is 64.8. The molecular weight excluding hydrogens is 687 g/mol.